The molecule has 0 aromatic heterocycles. The van der Waals surface area contributed by atoms with Crippen molar-refractivity contribution in [3.63, 3.8) is 0 Å². The Balaban J connectivity index is 3.09. The highest BCUT2D eigenvalue weighted by atomic mass is 16.5. The molecule has 0 heterocycles. The van der Waals surface area contributed by atoms with Gasteiger partial charge in [0.05, 0.1) is 19.8 Å². The van der Waals surface area contributed by atoms with Crippen molar-refractivity contribution in [1.29, 1.82) is 0 Å². The van der Waals surface area contributed by atoms with Crippen LogP contribution in [0, 0.1) is 0 Å². The van der Waals surface area contributed by atoms with Crippen LogP contribution in [0.1, 0.15) is 58.3 Å². The lowest BCUT2D eigenvalue weighted by Gasteiger charge is -2.12. The molecule has 4 heteroatoms. The number of hydrogen-bond donors (Lipinski definition) is 3. The summed E-state index contributed by atoms with van der Waals surface area (Å²) in [6, 6.07) is 0. The molecule has 0 aromatic carbocycles. The minimum atomic E-state index is -0.418. The molecule has 3 N–H and O–H groups in total. The Morgan fingerprint density at radius 1 is 1.00 bits per heavy atom. The maximum atomic E-state index is 9.63. The molecule has 0 aliphatic carbocycles. The molecule has 0 aliphatic heterocycles. The van der Waals surface area contributed by atoms with Gasteiger partial charge in [-0.25, -0.2) is 0 Å². The van der Waals surface area contributed by atoms with Gasteiger partial charge in [0.25, 0.3) is 0 Å². The fraction of sp³-hybridized carbons (Fsp3) is 1.00. The number of aliphatic hydroxyl groups excluding tert-OH is 2. The molecule has 1 unspecified atom stereocenters. The van der Waals surface area contributed by atoms with Gasteiger partial charge in [-0.1, -0.05) is 45.4 Å². The van der Waals surface area contributed by atoms with Crippen LogP contribution in [-0.4, -0.2) is 42.8 Å². The Labute approximate surface area is 112 Å². The third-order valence-corrected chi connectivity index (χ3v) is 2.94. The van der Waals surface area contributed by atoms with Gasteiger partial charge in [-0.3, -0.25) is 5.32 Å². The summed E-state index contributed by atoms with van der Waals surface area (Å²) in [5, 5.41) is 21.1. The van der Waals surface area contributed by atoms with E-state index < -0.39 is 6.23 Å². The van der Waals surface area contributed by atoms with Crippen molar-refractivity contribution in [2.75, 3.05) is 26.4 Å². The molecule has 1 atom stereocenters. The lowest BCUT2D eigenvalue weighted by atomic mass is 10.1. The van der Waals surface area contributed by atoms with Crippen molar-refractivity contribution in [1.82, 2.24) is 5.32 Å². The van der Waals surface area contributed by atoms with Crippen LogP contribution in [0.4, 0.5) is 0 Å². The van der Waals surface area contributed by atoms with Crippen molar-refractivity contribution >= 4 is 0 Å². The van der Waals surface area contributed by atoms with E-state index in [1.807, 2.05) is 0 Å². The molecule has 0 spiro atoms. The highest BCUT2D eigenvalue weighted by Gasteiger charge is 2.02. The summed E-state index contributed by atoms with van der Waals surface area (Å²) in [7, 11) is 0. The van der Waals surface area contributed by atoms with E-state index >= 15 is 0 Å². The Kier molecular flexibility index (Phi) is 14.8. The van der Waals surface area contributed by atoms with Gasteiger partial charge in [0, 0.05) is 6.54 Å². The second kappa shape index (κ2) is 14.9. The van der Waals surface area contributed by atoms with E-state index in [0.717, 1.165) is 12.8 Å². The first-order valence-corrected chi connectivity index (χ1v) is 7.41. The van der Waals surface area contributed by atoms with E-state index in [9.17, 15) is 5.11 Å². The third kappa shape index (κ3) is 13.9. The van der Waals surface area contributed by atoms with Crippen LogP contribution in [0.3, 0.4) is 0 Å². The molecule has 0 rings (SSSR count). The minimum absolute atomic E-state index is 0.0561. The Bertz CT molecular complexity index is 156. The van der Waals surface area contributed by atoms with Crippen molar-refractivity contribution in [3.8, 4) is 0 Å². The predicted molar refractivity (Wildman–Crippen MR) is 74.5 cm³/mol. The van der Waals surface area contributed by atoms with E-state index in [-0.39, 0.29) is 6.61 Å². The molecule has 0 saturated heterocycles. The van der Waals surface area contributed by atoms with E-state index in [1.165, 1.54) is 38.5 Å². The van der Waals surface area contributed by atoms with Gasteiger partial charge in [0.2, 0.25) is 0 Å². The number of ether oxygens (including phenoxy) is 1. The molecule has 0 fully saturated rings. The van der Waals surface area contributed by atoms with Gasteiger partial charge in [0.1, 0.15) is 6.23 Å². The highest BCUT2D eigenvalue weighted by molar-refractivity contribution is 4.54. The smallest absolute Gasteiger partial charge is 0.104 e. The number of aliphatic hydroxyl groups is 2. The molecule has 4 nitrogen and oxygen atoms in total. The summed E-state index contributed by atoms with van der Waals surface area (Å²) in [4.78, 5) is 0. The van der Waals surface area contributed by atoms with Crippen LogP contribution in [-0.2, 0) is 4.74 Å². The molecule has 0 amide bonds. The monoisotopic (exact) mass is 261 g/mol. The predicted octanol–water partition coefficient (Wildman–Crippen LogP) is 2.04. The van der Waals surface area contributed by atoms with Crippen LogP contribution in [0.25, 0.3) is 0 Å². The van der Waals surface area contributed by atoms with Crippen LogP contribution in [0.2, 0.25) is 0 Å². The molecule has 18 heavy (non-hydrogen) atoms. The third-order valence-electron chi connectivity index (χ3n) is 2.94. The maximum Gasteiger partial charge on any atom is 0.104 e. The van der Waals surface area contributed by atoms with Gasteiger partial charge in [0.15, 0.2) is 0 Å². The zero-order valence-corrected chi connectivity index (χ0v) is 11.9. The summed E-state index contributed by atoms with van der Waals surface area (Å²) in [5.74, 6) is 0. The summed E-state index contributed by atoms with van der Waals surface area (Å²) < 4.78 is 5.09. The van der Waals surface area contributed by atoms with Gasteiger partial charge < -0.3 is 14.9 Å². The van der Waals surface area contributed by atoms with Gasteiger partial charge in [-0.15, -0.1) is 0 Å². The summed E-state index contributed by atoms with van der Waals surface area (Å²) >= 11 is 0. The number of hydrogen-bond acceptors (Lipinski definition) is 4. The van der Waals surface area contributed by atoms with Gasteiger partial charge in [-0.2, -0.15) is 0 Å². The van der Waals surface area contributed by atoms with Crippen LogP contribution >= 0.6 is 0 Å². The topological polar surface area (TPSA) is 61.7 Å². The Morgan fingerprint density at radius 2 is 1.67 bits per heavy atom. The Morgan fingerprint density at radius 3 is 2.33 bits per heavy atom. The molecule has 0 aliphatic rings. The number of nitrogens with one attached hydrogen (secondary N) is 1. The van der Waals surface area contributed by atoms with Crippen molar-refractivity contribution in [3.05, 3.63) is 0 Å². The lowest BCUT2D eigenvalue weighted by molar-refractivity contribution is 0.0737. The summed E-state index contributed by atoms with van der Waals surface area (Å²) in [6.07, 6.45) is 9.28. The fourth-order valence-corrected chi connectivity index (χ4v) is 1.86. The van der Waals surface area contributed by atoms with Gasteiger partial charge >= 0.3 is 0 Å². The van der Waals surface area contributed by atoms with E-state index in [2.05, 4.69) is 12.2 Å². The fourth-order valence-electron chi connectivity index (χ4n) is 1.86. The largest absolute Gasteiger partial charge is 0.394 e. The van der Waals surface area contributed by atoms with Crippen LogP contribution in [0.5, 0.6) is 0 Å². The second-order valence-electron chi connectivity index (χ2n) is 4.72. The molecular formula is C14H31NO3. The van der Waals surface area contributed by atoms with E-state index in [1.54, 1.807) is 0 Å². The van der Waals surface area contributed by atoms with E-state index in [0.29, 0.717) is 19.8 Å². The SMILES string of the molecule is CCCCCCCCCC(O)NCCOCCO. The summed E-state index contributed by atoms with van der Waals surface area (Å²) in [5.41, 5.74) is 0. The molecule has 0 saturated carbocycles. The zero-order chi connectivity index (χ0) is 13.5. The molecule has 0 radical (unpaired) electrons. The number of rotatable bonds is 14. The van der Waals surface area contributed by atoms with Crippen LogP contribution < -0.4 is 5.32 Å². The average Bonchev–Trinajstić information content (AvgIpc) is 2.37. The first-order valence-electron chi connectivity index (χ1n) is 7.41. The standard InChI is InChI=1S/C14H31NO3/c1-2-3-4-5-6-7-8-9-14(17)15-10-12-18-13-11-16/h14-17H,2-13H2,1H3. The normalized spacial score (nSPS) is 12.8. The lowest BCUT2D eigenvalue weighted by Crippen LogP contribution is -2.31. The minimum Gasteiger partial charge on any atom is -0.394 e. The van der Waals surface area contributed by atoms with E-state index in [4.69, 9.17) is 9.84 Å². The van der Waals surface area contributed by atoms with Gasteiger partial charge in [-0.05, 0) is 12.8 Å². The molecule has 0 aromatic rings. The van der Waals surface area contributed by atoms with Crippen molar-refractivity contribution < 1.29 is 14.9 Å². The van der Waals surface area contributed by atoms with Crippen LogP contribution in [0.15, 0.2) is 0 Å². The maximum absolute atomic E-state index is 9.63. The van der Waals surface area contributed by atoms with Crippen molar-refractivity contribution in [2.24, 2.45) is 0 Å². The quantitative estimate of drug-likeness (QED) is 0.331. The zero-order valence-electron chi connectivity index (χ0n) is 11.9. The molecular weight excluding hydrogens is 230 g/mol. The summed E-state index contributed by atoms with van der Waals surface area (Å²) in [6.45, 7) is 3.83. The second-order valence-corrected chi connectivity index (χ2v) is 4.72. The average molecular weight is 261 g/mol. The number of unbranched alkanes of at least 4 members (excludes halogenated alkanes) is 6. The Hall–Kier alpha value is -0.160. The first kappa shape index (κ1) is 17.8. The van der Waals surface area contributed by atoms with Crippen molar-refractivity contribution in [2.45, 2.75) is 64.5 Å². The highest BCUT2D eigenvalue weighted by Crippen LogP contribution is 2.08. The molecule has 110 valence electrons. The molecule has 0 bridgehead atoms. The first-order chi connectivity index (χ1) is 8.81.